The van der Waals surface area contributed by atoms with E-state index in [2.05, 4.69) is 32.2 Å². The Balaban J connectivity index is 1.48. The Morgan fingerprint density at radius 1 is 1.10 bits per heavy atom. The molecule has 0 aliphatic carbocycles. The van der Waals surface area contributed by atoms with Crippen LogP contribution in [0.5, 0.6) is 0 Å². The third-order valence-electron chi connectivity index (χ3n) is 6.49. The van der Waals surface area contributed by atoms with Crippen LogP contribution >= 0.6 is 0 Å². The summed E-state index contributed by atoms with van der Waals surface area (Å²) in [5, 5.41) is 7.42. The molecule has 6 aromatic rings. The number of nitrogens with two attached hydrogens (primary N) is 1. The van der Waals surface area contributed by atoms with Crippen LogP contribution in [0.25, 0.3) is 27.7 Å². The van der Waals surface area contributed by atoms with E-state index in [0.29, 0.717) is 39.1 Å². The molecule has 1 amide bonds. The number of rotatable bonds is 4. The number of hydrogen-bond donors (Lipinski definition) is 2. The average molecular weight is 530 g/mol. The first-order valence-corrected chi connectivity index (χ1v) is 12.4. The van der Waals surface area contributed by atoms with E-state index in [1.54, 1.807) is 59.0 Å². The molecule has 0 spiro atoms. The highest BCUT2D eigenvalue weighted by atomic mass is 16.3. The molecule has 2 aromatic carbocycles. The summed E-state index contributed by atoms with van der Waals surface area (Å²) in [5.74, 6) is 6.01. The lowest BCUT2D eigenvalue weighted by Crippen LogP contribution is -2.29. The number of carbonyl (C=O) groups is 1. The Hall–Kier alpha value is -5.69. The first-order valence-electron chi connectivity index (χ1n) is 12.4. The van der Waals surface area contributed by atoms with Crippen molar-refractivity contribution in [3.05, 3.63) is 112 Å². The van der Waals surface area contributed by atoms with Gasteiger partial charge in [0.25, 0.3) is 5.91 Å². The minimum atomic E-state index is -0.709. The fraction of sp³-hybridized carbons (Fsp3) is 0.100. The van der Waals surface area contributed by atoms with Gasteiger partial charge in [0.1, 0.15) is 29.1 Å². The Bertz CT molecular complexity index is 2030. The molecule has 1 atom stereocenters. The first kappa shape index (κ1) is 24.6. The number of aryl methyl sites for hydroxylation is 1. The average Bonchev–Trinajstić information content (AvgIpc) is 3.60. The van der Waals surface area contributed by atoms with E-state index in [1.807, 2.05) is 37.4 Å². The van der Waals surface area contributed by atoms with Gasteiger partial charge >= 0.3 is 0 Å². The Kier molecular flexibility index (Phi) is 6.09. The molecule has 40 heavy (non-hydrogen) atoms. The zero-order valence-electron chi connectivity index (χ0n) is 21.6. The molecule has 0 aliphatic rings. The fourth-order valence-electron chi connectivity index (χ4n) is 4.62. The molecule has 4 heterocycles. The van der Waals surface area contributed by atoms with Crippen LogP contribution in [0.3, 0.4) is 0 Å². The predicted molar refractivity (Wildman–Crippen MR) is 150 cm³/mol. The maximum Gasteiger partial charge on any atom is 0.259 e. The summed E-state index contributed by atoms with van der Waals surface area (Å²) < 4.78 is 9.63. The van der Waals surface area contributed by atoms with Crippen LogP contribution in [0.2, 0.25) is 0 Å². The molecule has 10 nitrogen and oxygen atoms in total. The van der Waals surface area contributed by atoms with Gasteiger partial charge in [0.05, 0.1) is 28.8 Å². The lowest BCUT2D eigenvalue weighted by molar-refractivity contribution is 0.0937. The minimum absolute atomic E-state index is 0.0449. The van der Waals surface area contributed by atoms with E-state index in [9.17, 15) is 9.59 Å². The molecule has 196 valence electrons. The normalized spacial score (nSPS) is 11.8. The van der Waals surface area contributed by atoms with Crippen LogP contribution in [-0.4, -0.2) is 30.1 Å². The Labute approximate surface area is 228 Å². The number of amides is 1. The van der Waals surface area contributed by atoms with Gasteiger partial charge in [0.15, 0.2) is 5.65 Å². The van der Waals surface area contributed by atoms with Crippen molar-refractivity contribution in [3.8, 4) is 23.0 Å². The molecule has 10 heteroatoms. The molecule has 0 aliphatic heterocycles. The number of imidazole rings is 1. The van der Waals surface area contributed by atoms with Gasteiger partial charge < -0.3 is 15.5 Å². The number of anilines is 1. The highest BCUT2D eigenvalue weighted by molar-refractivity contribution is 6.04. The summed E-state index contributed by atoms with van der Waals surface area (Å²) in [6.45, 7) is 1.75. The Morgan fingerprint density at radius 3 is 2.70 bits per heavy atom. The summed E-state index contributed by atoms with van der Waals surface area (Å²) in [6.07, 6.45) is 8.17. The first-order chi connectivity index (χ1) is 19.4. The van der Waals surface area contributed by atoms with E-state index >= 15 is 0 Å². The molecule has 0 unspecified atom stereocenters. The molecule has 0 radical (unpaired) electrons. The lowest BCUT2D eigenvalue weighted by Gasteiger charge is -2.18. The van der Waals surface area contributed by atoms with E-state index in [4.69, 9.17) is 10.2 Å². The molecule has 3 N–H and O–H groups in total. The highest BCUT2D eigenvalue weighted by Crippen LogP contribution is 2.30. The van der Waals surface area contributed by atoms with Crippen molar-refractivity contribution < 1.29 is 9.21 Å². The van der Waals surface area contributed by atoms with Crippen LogP contribution in [-0.2, 0) is 7.05 Å². The molecule has 0 bridgehead atoms. The van der Waals surface area contributed by atoms with E-state index < -0.39 is 11.9 Å². The number of aromatic nitrogens is 5. The summed E-state index contributed by atoms with van der Waals surface area (Å²) in [7, 11) is 1.81. The van der Waals surface area contributed by atoms with Gasteiger partial charge in [-0.05, 0) is 24.6 Å². The third-order valence-corrected chi connectivity index (χ3v) is 6.49. The third kappa shape index (κ3) is 4.35. The van der Waals surface area contributed by atoms with Gasteiger partial charge in [-0.15, -0.1) is 0 Å². The highest BCUT2D eigenvalue weighted by Gasteiger charge is 2.25. The number of nitrogen functional groups attached to an aromatic ring is 1. The van der Waals surface area contributed by atoms with Crippen LogP contribution in [0, 0.1) is 11.8 Å². The number of benzene rings is 2. The maximum absolute atomic E-state index is 14.1. The quantitative estimate of drug-likeness (QED) is 0.333. The van der Waals surface area contributed by atoms with Crippen LogP contribution < -0.4 is 16.5 Å². The molecule has 0 saturated heterocycles. The van der Waals surface area contributed by atoms with Crippen molar-refractivity contribution in [2.45, 2.75) is 13.0 Å². The largest absolute Gasteiger partial charge is 0.458 e. The summed E-state index contributed by atoms with van der Waals surface area (Å²) in [5.41, 5.74) is 8.90. The van der Waals surface area contributed by atoms with Crippen molar-refractivity contribution >= 4 is 28.3 Å². The lowest BCUT2D eigenvalue weighted by atomic mass is 9.97. The van der Waals surface area contributed by atoms with Crippen LogP contribution in [0.4, 0.5) is 5.82 Å². The SMILES string of the molecule is C[C@H](NC(=O)c1c(N)ncn2ccnc12)c1oc2cccc(C#Cc3cnn(C)c3)c2c(=O)c1-c1ccccc1. The molecular formula is C30H23N7O3. The van der Waals surface area contributed by atoms with Crippen molar-refractivity contribution in [2.75, 3.05) is 5.73 Å². The van der Waals surface area contributed by atoms with Crippen LogP contribution in [0.1, 0.15) is 40.2 Å². The van der Waals surface area contributed by atoms with Gasteiger partial charge in [-0.2, -0.15) is 5.10 Å². The van der Waals surface area contributed by atoms with Gasteiger partial charge in [0.2, 0.25) is 5.43 Å². The van der Waals surface area contributed by atoms with Gasteiger partial charge in [-0.3, -0.25) is 18.7 Å². The van der Waals surface area contributed by atoms with Crippen molar-refractivity contribution in [1.82, 2.24) is 29.5 Å². The van der Waals surface area contributed by atoms with Crippen molar-refractivity contribution in [3.63, 3.8) is 0 Å². The summed E-state index contributed by atoms with van der Waals surface area (Å²) >= 11 is 0. The monoisotopic (exact) mass is 529 g/mol. The van der Waals surface area contributed by atoms with E-state index in [-0.39, 0.29) is 16.8 Å². The smallest absolute Gasteiger partial charge is 0.259 e. The van der Waals surface area contributed by atoms with Gasteiger partial charge in [0, 0.05) is 31.2 Å². The standard InChI is InChI=1S/C30H23N7O3/c1-18(35-30(39)25-28(31)33-17-37-14-13-32-29(25)37)27-24(20-7-4-3-5-8-20)26(38)23-21(9-6-10-22(23)40-27)12-11-19-15-34-36(2)16-19/h3-10,13-18H,31H2,1-2H3,(H,35,39)/t18-/m0/s1. The predicted octanol–water partition coefficient (Wildman–Crippen LogP) is 3.71. The van der Waals surface area contributed by atoms with E-state index in [0.717, 1.165) is 5.56 Å². The topological polar surface area (TPSA) is 133 Å². The molecular weight excluding hydrogens is 506 g/mol. The fourth-order valence-corrected chi connectivity index (χ4v) is 4.62. The molecule has 6 rings (SSSR count). The Morgan fingerprint density at radius 2 is 1.93 bits per heavy atom. The van der Waals surface area contributed by atoms with Crippen molar-refractivity contribution in [2.24, 2.45) is 7.05 Å². The summed E-state index contributed by atoms with van der Waals surface area (Å²) in [6, 6.07) is 13.8. The second-order valence-electron chi connectivity index (χ2n) is 9.23. The number of fused-ring (bicyclic) bond motifs is 2. The summed E-state index contributed by atoms with van der Waals surface area (Å²) in [4.78, 5) is 35.9. The minimum Gasteiger partial charge on any atom is -0.458 e. The molecule has 4 aromatic heterocycles. The number of nitrogens with one attached hydrogen (secondary N) is 1. The van der Waals surface area contributed by atoms with Gasteiger partial charge in [-0.25, -0.2) is 9.97 Å². The molecule has 0 fully saturated rings. The second-order valence-corrected chi connectivity index (χ2v) is 9.23. The zero-order chi connectivity index (χ0) is 27.8. The number of nitrogens with zero attached hydrogens (tertiary/aromatic N) is 5. The second kappa shape index (κ2) is 9.89. The number of hydrogen-bond acceptors (Lipinski definition) is 7. The maximum atomic E-state index is 14.1. The van der Waals surface area contributed by atoms with Crippen molar-refractivity contribution in [1.29, 1.82) is 0 Å². The van der Waals surface area contributed by atoms with Crippen LogP contribution in [0.15, 0.2) is 88.9 Å². The molecule has 0 saturated carbocycles. The zero-order valence-corrected chi connectivity index (χ0v) is 21.6. The number of carbonyl (C=O) groups excluding carboxylic acids is 1. The van der Waals surface area contributed by atoms with Gasteiger partial charge in [-0.1, -0.05) is 48.2 Å². The van der Waals surface area contributed by atoms with E-state index in [1.165, 1.54) is 6.33 Å².